The number of anilines is 3. The lowest BCUT2D eigenvalue weighted by atomic mass is 10.2. The summed E-state index contributed by atoms with van der Waals surface area (Å²) in [5, 5.41) is 3.00. The summed E-state index contributed by atoms with van der Waals surface area (Å²) in [6.45, 7) is 0.952. The molecular formula is C21H30N4O8P2. The van der Waals surface area contributed by atoms with Gasteiger partial charge in [-0.05, 0) is 37.0 Å². The number of carbonyl (C=O) groups is 1. The number of nitrogen functional groups attached to an aromatic ring is 1. The molecule has 1 aliphatic rings. The molecule has 35 heavy (non-hydrogen) atoms. The number of ether oxygens (including phenoxy) is 1. The summed E-state index contributed by atoms with van der Waals surface area (Å²) in [6.07, 6.45) is 0.893. The van der Waals surface area contributed by atoms with Gasteiger partial charge in [0.1, 0.15) is 17.4 Å². The summed E-state index contributed by atoms with van der Waals surface area (Å²) >= 11 is 0. The highest BCUT2D eigenvalue weighted by Crippen LogP contribution is 2.37. The van der Waals surface area contributed by atoms with Gasteiger partial charge >= 0.3 is 15.2 Å². The van der Waals surface area contributed by atoms with Crippen LogP contribution in [-0.4, -0.2) is 55.9 Å². The maximum absolute atomic E-state index is 12.7. The fourth-order valence-corrected chi connectivity index (χ4v) is 4.83. The molecule has 2 heterocycles. The molecule has 0 saturated carbocycles. The van der Waals surface area contributed by atoms with Crippen LogP contribution in [0.2, 0.25) is 0 Å². The standard InChI is InChI=1S/C21H30N4O8P2/c22-21-17-12-20(26)25(18(17)13-19(24-21)23-8-3-11-35(30,31)32)14-15-4-6-16(7-5-15)33-9-1-2-10-34(27,28)29/h4-7,13H,1-3,8-12,14H2,(H3,22,23,24)(H2,27,28,29)(H2,30,31,32). The smallest absolute Gasteiger partial charge is 0.325 e. The Morgan fingerprint density at radius 2 is 1.69 bits per heavy atom. The second-order valence-corrected chi connectivity index (χ2v) is 11.9. The fourth-order valence-electron chi connectivity index (χ4n) is 3.63. The Morgan fingerprint density at radius 3 is 2.34 bits per heavy atom. The lowest BCUT2D eigenvalue weighted by Gasteiger charge is -2.19. The molecule has 0 unspecified atom stereocenters. The molecule has 0 saturated heterocycles. The Bertz CT molecular complexity index is 1130. The largest absolute Gasteiger partial charge is 0.494 e. The second-order valence-electron chi connectivity index (χ2n) is 8.30. The third-order valence-corrected chi connectivity index (χ3v) is 7.16. The van der Waals surface area contributed by atoms with Gasteiger partial charge in [0.05, 0.1) is 31.4 Å². The number of aromatic nitrogens is 1. The second kappa shape index (κ2) is 11.5. The SMILES string of the molecule is Nc1nc(NCCCP(=O)(O)O)cc2c1CC(=O)N2Cc1ccc(OCCCCP(=O)(O)O)cc1. The minimum absolute atomic E-state index is 0.113. The number of amides is 1. The molecule has 1 aliphatic heterocycles. The van der Waals surface area contributed by atoms with E-state index in [1.807, 2.05) is 12.1 Å². The van der Waals surface area contributed by atoms with E-state index in [2.05, 4.69) is 10.3 Å². The number of hydrogen-bond donors (Lipinski definition) is 6. The van der Waals surface area contributed by atoms with Gasteiger partial charge in [-0.1, -0.05) is 12.1 Å². The Kier molecular flexibility index (Phi) is 8.93. The number of fused-ring (bicyclic) bond motifs is 1. The Hall–Kier alpha value is -2.46. The van der Waals surface area contributed by atoms with Gasteiger partial charge in [-0.15, -0.1) is 0 Å². The van der Waals surface area contributed by atoms with Crippen LogP contribution in [0.1, 0.15) is 30.4 Å². The highest BCUT2D eigenvalue weighted by molar-refractivity contribution is 7.52. The van der Waals surface area contributed by atoms with Crippen LogP contribution in [0.3, 0.4) is 0 Å². The zero-order chi connectivity index (χ0) is 25.6. The van der Waals surface area contributed by atoms with E-state index in [-0.39, 0.29) is 36.9 Å². The third-order valence-electron chi connectivity index (χ3n) is 5.36. The molecule has 0 aliphatic carbocycles. The van der Waals surface area contributed by atoms with Crippen LogP contribution < -0.4 is 20.7 Å². The molecule has 3 rings (SSSR count). The number of nitrogens with two attached hydrogens (primary N) is 1. The molecule has 14 heteroatoms. The number of unbranched alkanes of at least 4 members (excludes halogenated alkanes) is 1. The fraction of sp³-hybridized carbons (Fsp3) is 0.429. The van der Waals surface area contributed by atoms with Gasteiger partial charge in [0, 0.05) is 24.3 Å². The molecular weight excluding hydrogens is 498 g/mol. The molecule has 1 aromatic heterocycles. The van der Waals surface area contributed by atoms with Crippen molar-refractivity contribution in [2.24, 2.45) is 0 Å². The zero-order valence-electron chi connectivity index (χ0n) is 19.0. The average molecular weight is 528 g/mol. The van der Waals surface area contributed by atoms with E-state index in [1.165, 1.54) is 0 Å². The van der Waals surface area contributed by atoms with Crippen LogP contribution in [0.25, 0.3) is 0 Å². The van der Waals surface area contributed by atoms with E-state index in [4.69, 9.17) is 30.0 Å². The van der Waals surface area contributed by atoms with Crippen LogP contribution in [0, 0.1) is 0 Å². The zero-order valence-corrected chi connectivity index (χ0v) is 20.8. The van der Waals surface area contributed by atoms with Crippen molar-refractivity contribution in [3.8, 4) is 5.75 Å². The van der Waals surface area contributed by atoms with Crippen molar-refractivity contribution in [1.82, 2.24) is 4.98 Å². The molecule has 7 N–H and O–H groups in total. The Morgan fingerprint density at radius 1 is 1.03 bits per heavy atom. The average Bonchev–Trinajstić information content (AvgIpc) is 3.07. The van der Waals surface area contributed by atoms with Crippen molar-refractivity contribution in [3.05, 3.63) is 41.5 Å². The first kappa shape index (κ1) is 27.1. The monoisotopic (exact) mass is 528 g/mol. The normalized spacial score (nSPS) is 13.7. The number of rotatable bonds is 13. The number of hydrogen-bond acceptors (Lipinski definition) is 7. The van der Waals surface area contributed by atoms with E-state index in [0.717, 1.165) is 5.56 Å². The van der Waals surface area contributed by atoms with Gasteiger partial charge in [-0.2, -0.15) is 0 Å². The predicted octanol–water partition coefficient (Wildman–Crippen LogP) is 2.07. The summed E-state index contributed by atoms with van der Waals surface area (Å²) < 4.78 is 27.5. The molecule has 192 valence electrons. The highest BCUT2D eigenvalue weighted by atomic mass is 31.2. The van der Waals surface area contributed by atoms with Crippen LogP contribution in [0.5, 0.6) is 5.75 Å². The number of benzene rings is 1. The topological polar surface area (TPSA) is 196 Å². The lowest BCUT2D eigenvalue weighted by Crippen LogP contribution is -2.26. The number of carbonyl (C=O) groups excluding carboxylic acids is 1. The molecule has 2 aromatic rings. The minimum Gasteiger partial charge on any atom is -0.494 e. The van der Waals surface area contributed by atoms with Gasteiger partial charge < -0.3 is 40.3 Å². The summed E-state index contributed by atoms with van der Waals surface area (Å²) in [7, 11) is -8.04. The van der Waals surface area contributed by atoms with Gasteiger partial charge in [0.25, 0.3) is 0 Å². The summed E-state index contributed by atoms with van der Waals surface area (Å²) in [5.74, 6) is 1.17. The van der Waals surface area contributed by atoms with Crippen LogP contribution in [0.4, 0.5) is 17.3 Å². The quantitative estimate of drug-likeness (QED) is 0.164. The van der Waals surface area contributed by atoms with Crippen molar-refractivity contribution in [3.63, 3.8) is 0 Å². The van der Waals surface area contributed by atoms with E-state index < -0.39 is 15.2 Å². The minimum atomic E-state index is -4.06. The maximum atomic E-state index is 12.7. The van der Waals surface area contributed by atoms with Crippen LogP contribution in [0.15, 0.2) is 30.3 Å². The van der Waals surface area contributed by atoms with Crippen molar-refractivity contribution >= 4 is 38.4 Å². The molecule has 12 nitrogen and oxygen atoms in total. The van der Waals surface area contributed by atoms with Crippen LogP contribution in [-0.2, 0) is 26.9 Å². The van der Waals surface area contributed by atoms with Crippen molar-refractivity contribution < 1.29 is 38.2 Å². The Balaban J connectivity index is 1.58. The van der Waals surface area contributed by atoms with E-state index in [9.17, 15) is 13.9 Å². The molecule has 1 aromatic carbocycles. The summed E-state index contributed by atoms with van der Waals surface area (Å²) in [6, 6.07) is 8.93. The number of nitrogens with one attached hydrogen (secondary N) is 1. The molecule has 0 radical (unpaired) electrons. The first-order valence-electron chi connectivity index (χ1n) is 11.1. The molecule has 0 bridgehead atoms. The molecule has 0 atom stereocenters. The van der Waals surface area contributed by atoms with E-state index >= 15 is 0 Å². The van der Waals surface area contributed by atoms with Gasteiger partial charge in [-0.3, -0.25) is 13.9 Å². The van der Waals surface area contributed by atoms with Gasteiger partial charge in [0.15, 0.2) is 0 Å². The van der Waals surface area contributed by atoms with E-state index in [0.29, 0.717) is 55.4 Å². The summed E-state index contributed by atoms with van der Waals surface area (Å²) in [4.78, 5) is 54.2. The van der Waals surface area contributed by atoms with Crippen LogP contribution >= 0.6 is 15.2 Å². The van der Waals surface area contributed by atoms with Gasteiger partial charge in [-0.25, -0.2) is 4.98 Å². The number of pyridine rings is 1. The maximum Gasteiger partial charge on any atom is 0.325 e. The highest BCUT2D eigenvalue weighted by Gasteiger charge is 2.30. The van der Waals surface area contributed by atoms with Crippen molar-refractivity contribution in [2.45, 2.75) is 32.2 Å². The van der Waals surface area contributed by atoms with Crippen molar-refractivity contribution in [2.75, 3.05) is 41.4 Å². The summed E-state index contributed by atoms with van der Waals surface area (Å²) in [5.41, 5.74) is 8.22. The van der Waals surface area contributed by atoms with E-state index in [1.54, 1.807) is 23.1 Å². The van der Waals surface area contributed by atoms with Gasteiger partial charge in [0.2, 0.25) is 5.91 Å². The lowest BCUT2D eigenvalue weighted by molar-refractivity contribution is -0.117. The first-order valence-corrected chi connectivity index (χ1v) is 14.7. The van der Waals surface area contributed by atoms with Crippen molar-refractivity contribution in [1.29, 1.82) is 0 Å². The molecule has 0 spiro atoms. The number of nitrogens with zero attached hydrogens (tertiary/aromatic N) is 2. The Labute approximate surface area is 202 Å². The predicted molar refractivity (Wildman–Crippen MR) is 132 cm³/mol. The first-order chi connectivity index (χ1) is 16.4. The molecule has 0 fully saturated rings. The third kappa shape index (κ3) is 8.61. The molecule has 1 amide bonds.